The molecule has 2 rings (SSSR count). The molecule has 0 aromatic carbocycles. The molecule has 0 atom stereocenters. The molecule has 2 heterocycles. The molecule has 4 heteroatoms. The van der Waals surface area contributed by atoms with E-state index in [-0.39, 0.29) is 0 Å². The molecule has 1 saturated heterocycles. The fraction of sp³-hybridized carbons (Fsp3) is 0.500. The van der Waals surface area contributed by atoms with Crippen molar-refractivity contribution in [1.82, 2.24) is 4.90 Å². The lowest BCUT2D eigenvalue weighted by molar-refractivity contribution is -0.151. The highest BCUT2D eigenvalue weighted by Crippen LogP contribution is 2.19. The Balaban J connectivity index is 2.16. The van der Waals surface area contributed by atoms with Crippen LogP contribution in [0.4, 0.5) is 0 Å². The van der Waals surface area contributed by atoms with Crippen LogP contribution in [0.25, 0.3) is 0 Å². The second-order valence-electron chi connectivity index (χ2n) is 2.93. The maximum Gasteiger partial charge on any atom is 0.362 e. The van der Waals surface area contributed by atoms with Crippen LogP contribution in [0.2, 0.25) is 0 Å². The Hall–Kier alpha value is -1.32. The monoisotopic (exact) mass is 167 g/mol. The molecule has 12 heavy (non-hydrogen) atoms. The van der Waals surface area contributed by atoms with Crippen molar-refractivity contribution in [2.75, 3.05) is 13.1 Å². The summed E-state index contributed by atoms with van der Waals surface area (Å²) in [5.74, 6) is -1.04. The zero-order valence-electron chi connectivity index (χ0n) is 6.58. The lowest BCUT2D eigenvalue weighted by atomic mass is 10.4. The van der Waals surface area contributed by atoms with Gasteiger partial charge >= 0.3 is 11.9 Å². The van der Waals surface area contributed by atoms with Gasteiger partial charge in [-0.25, -0.2) is 9.59 Å². The molecular formula is C8H9NO3. The van der Waals surface area contributed by atoms with E-state index in [0.717, 1.165) is 25.9 Å². The minimum absolute atomic E-state index is 0.428. The van der Waals surface area contributed by atoms with Crippen molar-refractivity contribution in [2.24, 2.45) is 0 Å². The Morgan fingerprint density at radius 2 is 1.92 bits per heavy atom. The second kappa shape index (κ2) is 2.62. The van der Waals surface area contributed by atoms with E-state index in [9.17, 15) is 9.59 Å². The smallest absolute Gasteiger partial charge is 0.362 e. The summed E-state index contributed by atoms with van der Waals surface area (Å²) in [6, 6.07) is 0. The van der Waals surface area contributed by atoms with Crippen molar-refractivity contribution >= 4 is 11.9 Å². The molecule has 0 aromatic rings. The SMILES string of the molecule is O=C1C=C(N2CCCC2)C(=O)O1. The molecule has 64 valence electrons. The van der Waals surface area contributed by atoms with Gasteiger partial charge in [0.15, 0.2) is 0 Å². The summed E-state index contributed by atoms with van der Waals surface area (Å²) in [5, 5.41) is 0. The number of carbonyl (C=O) groups excluding carboxylic acids is 2. The average Bonchev–Trinajstić information content (AvgIpc) is 2.58. The first-order valence-corrected chi connectivity index (χ1v) is 4.00. The Morgan fingerprint density at radius 3 is 2.42 bits per heavy atom. The van der Waals surface area contributed by atoms with Crippen molar-refractivity contribution < 1.29 is 14.3 Å². The number of cyclic esters (lactones) is 2. The molecule has 2 aliphatic rings. The normalized spacial score (nSPS) is 23.0. The molecule has 0 aromatic heterocycles. The van der Waals surface area contributed by atoms with Gasteiger partial charge in [-0.1, -0.05) is 0 Å². The van der Waals surface area contributed by atoms with Gasteiger partial charge in [-0.05, 0) is 12.8 Å². The molecule has 0 radical (unpaired) electrons. The van der Waals surface area contributed by atoms with Crippen molar-refractivity contribution in [3.63, 3.8) is 0 Å². The highest BCUT2D eigenvalue weighted by atomic mass is 16.6. The van der Waals surface area contributed by atoms with Crippen LogP contribution >= 0.6 is 0 Å². The highest BCUT2D eigenvalue weighted by Gasteiger charge is 2.29. The fourth-order valence-electron chi connectivity index (χ4n) is 1.52. The van der Waals surface area contributed by atoms with Gasteiger partial charge in [-0.15, -0.1) is 0 Å². The van der Waals surface area contributed by atoms with E-state index in [1.165, 1.54) is 6.08 Å². The van der Waals surface area contributed by atoms with E-state index < -0.39 is 11.9 Å². The predicted molar refractivity (Wildman–Crippen MR) is 40.0 cm³/mol. The third-order valence-corrected chi connectivity index (χ3v) is 2.10. The van der Waals surface area contributed by atoms with Crippen LogP contribution in [0.15, 0.2) is 11.8 Å². The van der Waals surface area contributed by atoms with E-state index >= 15 is 0 Å². The van der Waals surface area contributed by atoms with E-state index in [1.807, 2.05) is 4.90 Å². The third-order valence-electron chi connectivity index (χ3n) is 2.10. The molecule has 0 saturated carbocycles. The number of esters is 2. The predicted octanol–water partition coefficient (Wildman–Crippen LogP) is 0.0495. The van der Waals surface area contributed by atoms with Gasteiger partial charge in [0.1, 0.15) is 5.70 Å². The largest absolute Gasteiger partial charge is 0.385 e. The molecule has 4 nitrogen and oxygen atoms in total. The van der Waals surface area contributed by atoms with E-state index in [1.54, 1.807) is 0 Å². The Kier molecular flexibility index (Phi) is 1.60. The van der Waals surface area contributed by atoms with Crippen LogP contribution in [0, 0.1) is 0 Å². The van der Waals surface area contributed by atoms with Crippen molar-refractivity contribution in [3.05, 3.63) is 11.8 Å². The quantitative estimate of drug-likeness (QED) is 0.409. The Labute approximate surface area is 69.8 Å². The molecule has 0 unspecified atom stereocenters. The average molecular weight is 167 g/mol. The molecule has 0 spiro atoms. The maximum atomic E-state index is 11.0. The first-order chi connectivity index (χ1) is 5.77. The van der Waals surface area contributed by atoms with Gasteiger partial charge in [0.25, 0.3) is 0 Å². The van der Waals surface area contributed by atoms with Crippen LogP contribution in [0.5, 0.6) is 0 Å². The van der Waals surface area contributed by atoms with Gasteiger partial charge in [0, 0.05) is 13.1 Å². The van der Waals surface area contributed by atoms with Crippen LogP contribution < -0.4 is 0 Å². The van der Waals surface area contributed by atoms with Gasteiger partial charge in [0.05, 0.1) is 6.08 Å². The first-order valence-electron chi connectivity index (χ1n) is 4.00. The standard InChI is InChI=1S/C8H9NO3/c10-7-5-6(8(11)12-7)9-3-1-2-4-9/h5H,1-4H2. The van der Waals surface area contributed by atoms with E-state index in [0.29, 0.717) is 5.70 Å². The summed E-state index contributed by atoms with van der Waals surface area (Å²) in [6.45, 7) is 1.71. The summed E-state index contributed by atoms with van der Waals surface area (Å²) in [4.78, 5) is 23.6. The second-order valence-corrected chi connectivity index (χ2v) is 2.93. The van der Waals surface area contributed by atoms with Crippen molar-refractivity contribution in [2.45, 2.75) is 12.8 Å². The lowest BCUT2D eigenvalue weighted by Gasteiger charge is -2.14. The van der Waals surface area contributed by atoms with Crippen molar-refractivity contribution in [1.29, 1.82) is 0 Å². The minimum Gasteiger partial charge on any atom is -0.385 e. The molecule has 2 aliphatic heterocycles. The van der Waals surface area contributed by atoms with Crippen molar-refractivity contribution in [3.8, 4) is 0 Å². The number of likely N-dealkylation sites (tertiary alicyclic amines) is 1. The van der Waals surface area contributed by atoms with Gasteiger partial charge in [-0.3, -0.25) is 0 Å². The maximum absolute atomic E-state index is 11.0. The topological polar surface area (TPSA) is 46.6 Å². The zero-order valence-corrected chi connectivity index (χ0v) is 6.58. The third kappa shape index (κ3) is 1.09. The molecule has 1 fully saturated rings. The fourth-order valence-corrected chi connectivity index (χ4v) is 1.52. The van der Waals surface area contributed by atoms with Crippen LogP contribution in [0.1, 0.15) is 12.8 Å². The summed E-state index contributed by atoms with van der Waals surface area (Å²) in [6.07, 6.45) is 3.44. The molecule has 0 bridgehead atoms. The number of hydrogen-bond acceptors (Lipinski definition) is 4. The summed E-state index contributed by atoms with van der Waals surface area (Å²) in [5.41, 5.74) is 0.428. The number of nitrogens with zero attached hydrogens (tertiary/aromatic N) is 1. The molecule has 0 N–H and O–H groups in total. The number of ether oxygens (including phenoxy) is 1. The first kappa shape index (κ1) is 7.34. The molecular weight excluding hydrogens is 158 g/mol. The minimum atomic E-state index is -0.540. The van der Waals surface area contributed by atoms with Gasteiger partial charge in [0.2, 0.25) is 0 Å². The number of rotatable bonds is 1. The van der Waals surface area contributed by atoms with Gasteiger partial charge < -0.3 is 9.64 Å². The lowest BCUT2D eigenvalue weighted by Crippen LogP contribution is -2.22. The van der Waals surface area contributed by atoms with Crippen LogP contribution in [-0.2, 0) is 14.3 Å². The summed E-state index contributed by atoms with van der Waals surface area (Å²) in [7, 11) is 0. The Morgan fingerprint density at radius 1 is 1.25 bits per heavy atom. The van der Waals surface area contributed by atoms with E-state index in [2.05, 4.69) is 4.74 Å². The van der Waals surface area contributed by atoms with Crippen LogP contribution in [-0.4, -0.2) is 29.9 Å². The Bertz CT molecular complexity index is 263. The zero-order chi connectivity index (χ0) is 8.55. The number of carbonyl (C=O) groups is 2. The van der Waals surface area contributed by atoms with E-state index in [4.69, 9.17) is 0 Å². The summed E-state index contributed by atoms with van der Waals surface area (Å²) < 4.78 is 4.37. The molecule has 0 amide bonds. The van der Waals surface area contributed by atoms with Gasteiger partial charge in [-0.2, -0.15) is 0 Å². The van der Waals surface area contributed by atoms with Crippen LogP contribution in [0.3, 0.4) is 0 Å². The highest BCUT2D eigenvalue weighted by molar-refractivity contribution is 6.08. The molecule has 0 aliphatic carbocycles. The number of hydrogen-bond donors (Lipinski definition) is 0. The summed E-state index contributed by atoms with van der Waals surface area (Å²) >= 11 is 0.